The molecular weight excluding hydrogens is 381 g/mol. The van der Waals surface area contributed by atoms with Crippen molar-refractivity contribution < 1.29 is 9.18 Å². The number of ketones is 1. The van der Waals surface area contributed by atoms with Gasteiger partial charge in [-0.1, -0.05) is 52.3 Å². The van der Waals surface area contributed by atoms with Gasteiger partial charge in [-0.25, -0.2) is 4.39 Å². The average Bonchev–Trinajstić information content (AvgIpc) is 2.64. The highest BCUT2D eigenvalue weighted by Gasteiger charge is 2.15. The molecule has 0 amide bonds. The van der Waals surface area contributed by atoms with Crippen LogP contribution in [-0.4, -0.2) is 5.78 Å². The molecule has 0 N–H and O–H groups in total. The molecule has 3 aromatic carbocycles. The van der Waals surface area contributed by atoms with Crippen molar-refractivity contribution in [1.29, 1.82) is 5.26 Å². The molecule has 25 heavy (non-hydrogen) atoms. The second-order valence-corrected chi connectivity index (χ2v) is 6.49. The molecule has 0 saturated carbocycles. The lowest BCUT2D eigenvalue weighted by Crippen LogP contribution is -2.03. The monoisotopic (exact) mass is 393 g/mol. The minimum Gasteiger partial charge on any atom is -0.289 e. The fourth-order valence-electron chi connectivity index (χ4n) is 2.59. The van der Waals surface area contributed by atoms with Crippen LogP contribution in [0.3, 0.4) is 0 Å². The third kappa shape index (κ3) is 3.84. The predicted molar refractivity (Wildman–Crippen MR) is 97.9 cm³/mol. The lowest BCUT2D eigenvalue weighted by Gasteiger charge is -2.11. The van der Waals surface area contributed by atoms with E-state index < -0.39 is 5.92 Å². The van der Waals surface area contributed by atoms with E-state index in [-0.39, 0.29) is 11.6 Å². The Morgan fingerprint density at radius 2 is 1.28 bits per heavy atom. The van der Waals surface area contributed by atoms with Gasteiger partial charge >= 0.3 is 0 Å². The van der Waals surface area contributed by atoms with Crippen LogP contribution < -0.4 is 0 Å². The van der Waals surface area contributed by atoms with E-state index in [1.165, 1.54) is 24.3 Å². The van der Waals surface area contributed by atoms with E-state index in [9.17, 15) is 14.4 Å². The topological polar surface area (TPSA) is 40.9 Å². The summed E-state index contributed by atoms with van der Waals surface area (Å²) in [6.07, 6.45) is 0. The Bertz CT molecular complexity index is 926. The van der Waals surface area contributed by atoms with Crippen LogP contribution in [-0.2, 0) is 0 Å². The zero-order valence-corrected chi connectivity index (χ0v) is 14.7. The van der Waals surface area contributed by atoms with Crippen molar-refractivity contribution in [2.45, 2.75) is 5.92 Å². The van der Waals surface area contributed by atoms with Crippen molar-refractivity contribution in [3.63, 3.8) is 0 Å². The van der Waals surface area contributed by atoms with E-state index >= 15 is 0 Å². The summed E-state index contributed by atoms with van der Waals surface area (Å²) in [6, 6.07) is 22.3. The SMILES string of the molecule is N#CC(c1ccc(Br)cc1)c1ccc(C(=O)c2ccc(F)cc2)cc1. The summed E-state index contributed by atoms with van der Waals surface area (Å²) in [4.78, 5) is 12.4. The lowest BCUT2D eigenvalue weighted by molar-refractivity contribution is 0.103. The first kappa shape index (κ1) is 17.1. The van der Waals surface area contributed by atoms with Gasteiger partial charge in [0.2, 0.25) is 0 Å². The molecule has 1 unspecified atom stereocenters. The van der Waals surface area contributed by atoms with Crippen LogP contribution in [0, 0.1) is 17.1 Å². The average molecular weight is 394 g/mol. The Morgan fingerprint density at radius 1 is 0.840 bits per heavy atom. The molecule has 3 rings (SSSR count). The summed E-state index contributed by atoms with van der Waals surface area (Å²) >= 11 is 3.38. The second kappa shape index (κ2) is 7.42. The molecule has 3 aromatic rings. The van der Waals surface area contributed by atoms with Crippen LogP contribution >= 0.6 is 15.9 Å². The van der Waals surface area contributed by atoms with E-state index in [0.717, 1.165) is 15.6 Å². The van der Waals surface area contributed by atoms with Gasteiger partial charge in [-0.15, -0.1) is 0 Å². The van der Waals surface area contributed by atoms with Crippen LogP contribution in [0.15, 0.2) is 77.3 Å². The molecule has 0 aliphatic carbocycles. The summed E-state index contributed by atoms with van der Waals surface area (Å²) in [6.45, 7) is 0. The number of carbonyl (C=O) groups excluding carboxylic acids is 1. The number of nitriles is 1. The summed E-state index contributed by atoms with van der Waals surface area (Å²) < 4.78 is 13.9. The highest BCUT2D eigenvalue weighted by atomic mass is 79.9. The van der Waals surface area contributed by atoms with Crippen molar-refractivity contribution in [1.82, 2.24) is 0 Å². The highest BCUT2D eigenvalue weighted by Crippen LogP contribution is 2.26. The Kier molecular flexibility index (Phi) is 5.06. The van der Waals surface area contributed by atoms with Crippen molar-refractivity contribution in [2.24, 2.45) is 0 Å². The van der Waals surface area contributed by atoms with Crippen molar-refractivity contribution >= 4 is 21.7 Å². The fraction of sp³-hybridized carbons (Fsp3) is 0.0476. The van der Waals surface area contributed by atoms with Crippen LogP contribution in [0.2, 0.25) is 0 Å². The molecule has 0 spiro atoms. The fourth-order valence-corrected chi connectivity index (χ4v) is 2.86. The number of benzene rings is 3. The molecule has 2 nitrogen and oxygen atoms in total. The van der Waals surface area contributed by atoms with E-state index in [2.05, 4.69) is 22.0 Å². The van der Waals surface area contributed by atoms with E-state index in [0.29, 0.717) is 11.1 Å². The first-order chi connectivity index (χ1) is 12.1. The maximum atomic E-state index is 13.0. The maximum absolute atomic E-state index is 13.0. The molecule has 1 atom stereocenters. The molecule has 0 saturated heterocycles. The molecule has 0 fully saturated rings. The van der Waals surface area contributed by atoms with E-state index in [1.807, 2.05) is 24.3 Å². The van der Waals surface area contributed by atoms with Crippen LogP contribution in [0.4, 0.5) is 4.39 Å². The zero-order valence-electron chi connectivity index (χ0n) is 13.1. The number of halogens is 2. The van der Waals surface area contributed by atoms with Gasteiger partial charge in [-0.05, 0) is 47.5 Å². The largest absolute Gasteiger partial charge is 0.289 e. The molecule has 0 heterocycles. The van der Waals surface area contributed by atoms with Gasteiger partial charge in [0, 0.05) is 15.6 Å². The van der Waals surface area contributed by atoms with E-state index in [4.69, 9.17) is 0 Å². The number of carbonyl (C=O) groups is 1. The molecule has 0 aliphatic rings. The minimum atomic E-state index is -0.400. The van der Waals surface area contributed by atoms with E-state index in [1.54, 1.807) is 24.3 Å². The number of hydrogen-bond donors (Lipinski definition) is 0. The lowest BCUT2D eigenvalue weighted by atomic mass is 9.91. The number of nitrogens with zero attached hydrogens (tertiary/aromatic N) is 1. The van der Waals surface area contributed by atoms with Gasteiger partial charge in [0.05, 0.1) is 12.0 Å². The standard InChI is InChI=1S/C21H13BrFNO/c22-18-9-5-15(6-10-18)20(13-24)14-1-3-16(4-2-14)21(25)17-7-11-19(23)12-8-17/h1-12,20H. The van der Waals surface area contributed by atoms with Crippen molar-refractivity contribution in [3.05, 3.63) is 105 Å². The second-order valence-electron chi connectivity index (χ2n) is 5.57. The molecule has 0 bridgehead atoms. The molecule has 0 radical (unpaired) electrons. The van der Waals surface area contributed by atoms with Gasteiger partial charge in [0.15, 0.2) is 5.78 Å². The number of hydrogen-bond acceptors (Lipinski definition) is 2. The van der Waals surface area contributed by atoms with Crippen LogP contribution in [0.25, 0.3) is 0 Å². The normalized spacial score (nSPS) is 11.6. The van der Waals surface area contributed by atoms with Crippen molar-refractivity contribution in [2.75, 3.05) is 0 Å². The van der Waals surface area contributed by atoms with Gasteiger partial charge in [0.25, 0.3) is 0 Å². The summed E-state index contributed by atoms with van der Waals surface area (Å²) in [7, 11) is 0. The van der Waals surface area contributed by atoms with Crippen LogP contribution in [0.1, 0.15) is 33.0 Å². The minimum absolute atomic E-state index is 0.177. The third-order valence-corrected chi connectivity index (χ3v) is 4.47. The Hall–Kier alpha value is -2.77. The zero-order chi connectivity index (χ0) is 17.8. The molecule has 4 heteroatoms. The molecule has 0 aliphatic heterocycles. The maximum Gasteiger partial charge on any atom is 0.193 e. The predicted octanol–water partition coefficient (Wildman–Crippen LogP) is 5.47. The quantitative estimate of drug-likeness (QED) is 0.551. The van der Waals surface area contributed by atoms with Gasteiger partial charge in [-0.3, -0.25) is 4.79 Å². The Labute approximate surface area is 153 Å². The first-order valence-electron chi connectivity index (χ1n) is 7.64. The molecule has 122 valence electrons. The molecular formula is C21H13BrFNO. The van der Waals surface area contributed by atoms with Gasteiger partial charge in [-0.2, -0.15) is 5.26 Å². The smallest absolute Gasteiger partial charge is 0.193 e. The summed E-state index contributed by atoms with van der Waals surface area (Å²) in [5.74, 6) is -0.954. The third-order valence-electron chi connectivity index (χ3n) is 3.95. The summed E-state index contributed by atoms with van der Waals surface area (Å²) in [5.41, 5.74) is 2.64. The Morgan fingerprint density at radius 3 is 1.76 bits per heavy atom. The summed E-state index contributed by atoms with van der Waals surface area (Å²) in [5, 5.41) is 9.52. The van der Waals surface area contributed by atoms with Crippen molar-refractivity contribution in [3.8, 4) is 6.07 Å². The highest BCUT2D eigenvalue weighted by molar-refractivity contribution is 9.10. The van der Waals surface area contributed by atoms with Gasteiger partial charge < -0.3 is 0 Å². The van der Waals surface area contributed by atoms with Gasteiger partial charge in [0.1, 0.15) is 5.82 Å². The first-order valence-corrected chi connectivity index (χ1v) is 8.43. The Balaban J connectivity index is 1.86. The van der Waals surface area contributed by atoms with Crippen LogP contribution in [0.5, 0.6) is 0 Å². The molecule has 0 aromatic heterocycles. The number of rotatable bonds is 4.